The van der Waals surface area contributed by atoms with Crippen LogP contribution in [0.5, 0.6) is 0 Å². The average Bonchev–Trinajstić information content (AvgIpc) is 3.25. The minimum Gasteiger partial charge on any atom is -0.450 e. The van der Waals surface area contributed by atoms with Crippen LogP contribution in [0.25, 0.3) is 0 Å². The van der Waals surface area contributed by atoms with E-state index in [0.29, 0.717) is 43.2 Å². The standard InChI is InChI=1S/C26H36N4O6S2/c1-6-14-29(15-7-2)25(32)22-20-13-16-30(26(33)36-8-3)17-21(20)37-24(22)27-23(31)18-9-11-19(12-10-18)38(34,35)28(4)5/h9-12H,6-8,13-17H2,1-5H3,(H,27,31). The Morgan fingerprint density at radius 3 is 2.24 bits per heavy atom. The summed E-state index contributed by atoms with van der Waals surface area (Å²) in [5.41, 5.74) is 1.58. The van der Waals surface area contributed by atoms with Crippen molar-refractivity contribution in [1.29, 1.82) is 0 Å². The molecule has 1 aromatic carbocycles. The van der Waals surface area contributed by atoms with Crippen LogP contribution in [0.1, 0.15) is 64.8 Å². The lowest BCUT2D eigenvalue weighted by molar-refractivity contribution is 0.0755. The van der Waals surface area contributed by atoms with Crippen molar-refractivity contribution in [3.63, 3.8) is 0 Å². The number of hydrogen-bond acceptors (Lipinski definition) is 7. The molecule has 12 heteroatoms. The van der Waals surface area contributed by atoms with Crippen LogP contribution in [0.2, 0.25) is 0 Å². The van der Waals surface area contributed by atoms with Gasteiger partial charge >= 0.3 is 6.09 Å². The lowest BCUT2D eigenvalue weighted by Gasteiger charge is -2.27. The fraction of sp³-hybridized carbons (Fsp3) is 0.500. The van der Waals surface area contributed by atoms with Crippen molar-refractivity contribution in [2.45, 2.75) is 51.5 Å². The van der Waals surface area contributed by atoms with Gasteiger partial charge in [0.05, 0.1) is 23.6 Å². The number of sulfonamides is 1. The largest absolute Gasteiger partial charge is 0.450 e. The van der Waals surface area contributed by atoms with Gasteiger partial charge in [-0.25, -0.2) is 17.5 Å². The summed E-state index contributed by atoms with van der Waals surface area (Å²) in [6.07, 6.45) is 1.68. The zero-order valence-electron chi connectivity index (χ0n) is 22.6. The number of carbonyl (C=O) groups is 3. The number of ether oxygens (including phenoxy) is 1. The lowest BCUT2D eigenvalue weighted by Crippen LogP contribution is -2.37. The molecule has 0 radical (unpaired) electrons. The number of rotatable bonds is 10. The third-order valence-electron chi connectivity index (χ3n) is 6.19. The molecule has 1 aliphatic rings. The third-order valence-corrected chi connectivity index (χ3v) is 9.15. The van der Waals surface area contributed by atoms with E-state index in [1.54, 1.807) is 16.7 Å². The van der Waals surface area contributed by atoms with Gasteiger partial charge in [-0.2, -0.15) is 0 Å². The molecule has 0 atom stereocenters. The number of amides is 3. The van der Waals surface area contributed by atoms with Crippen LogP contribution in [0, 0.1) is 0 Å². The number of anilines is 1. The van der Waals surface area contributed by atoms with Gasteiger partial charge in [0.15, 0.2) is 0 Å². The van der Waals surface area contributed by atoms with E-state index in [9.17, 15) is 22.8 Å². The molecule has 0 fully saturated rings. The van der Waals surface area contributed by atoms with E-state index in [1.807, 2.05) is 13.8 Å². The topological polar surface area (TPSA) is 116 Å². The van der Waals surface area contributed by atoms with Gasteiger partial charge in [-0.3, -0.25) is 9.59 Å². The zero-order valence-corrected chi connectivity index (χ0v) is 24.2. The molecule has 1 N–H and O–H groups in total. The van der Waals surface area contributed by atoms with Crippen LogP contribution in [0.15, 0.2) is 29.2 Å². The molecular weight excluding hydrogens is 528 g/mol. The highest BCUT2D eigenvalue weighted by atomic mass is 32.2. The van der Waals surface area contributed by atoms with Crippen molar-refractivity contribution in [3.05, 3.63) is 45.8 Å². The second-order valence-electron chi connectivity index (χ2n) is 9.14. The van der Waals surface area contributed by atoms with Crippen LogP contribution >= 0.6 is 11.3 Å². The molecular formula is C26H36N4O6S2. The SMILES string of the molecule is CCCN(CCC)C(=O)c1c(NC(=O)c2ccc(S(=O)(=O)N(C)C)cc2)sc2c1CCN(C(=O)OCC)C2. The molecule has 0 saturated heterocycles. The smallest absolute Gasteiger partial charge is 0.410 e. The molecule has 3 amide bonds. The van der Waals surface area contributed by atoms with Gasteiger partial charge in [0, 0.05) is 44.2 Å². The first-order chi connectivity index (χ1) is 18.0. The Kier molecular flexibility index (Phi) is 9.91. The van der Waals surface area contributed by atoms with Gasteiger partial charge < -0.3 is 19.9 Å². The first kappa shape index (κ1) is 29.6. The van der Waals surface area contributed by atoms with Crippen LogP contribution in [-0.4, -0.2) is 80.8 Å². The van der Waals surface area contributed by atoms with Crippen molar-refractivity contribution in [1.82, 2.24) is 14.1 Å². The Labute approximate surface area is 228 Å². The highest BCUT2D eigenvalue weighted by Crippen LogP contribution is 2.38. The maximum atomic E-state index is 13.7. The van der Waals surface area contributed by atoms with E-state index >= 15 is 0 Å². The summed E-state index contributed by atoms with van der Waals surface area (Å²) >= 11 is 1.29. The summed E-state index contributed by atoms with van der Waals surface area (Å²) in [6.45, 7) is 7.96. The summed E-state index contributed by atoms with van der Waals surface area (Å²) in [6, 6.07) is 5.67. The monoisotopic (exact) mass is 564 g/mol. The molecule has 0 aliphatic carbocycles. The Morgan fingerprint density at radius 1 is 1.05 bits per heavy atom. The van der Waals surface area contributed by atoms with Crippen molar-refractivity contribution in [2.24, 2.45) is 0 Å². The lowest BCUT2D eigenvalue weighted by atomic mass is 10.0. The maximum Gasteiger partial charge on any atom is 0.410 e. The van der Waals surface area contributed by atoms with Crippen molar-refractivity contribution in [3.8, 4) is 0 Å². The van der Waals surface area contributed by atoms with Crippen LogP contribution in [0.3, 0.4) is 0 Å². The van der Waals surface area contributed by atoms with Crippen molar-refractivity contribution >= 4 is 44.3 Å². The van der Waals surface area contributed by atoms with Gasteiger partial charge in [-0.05, 0) is 56.0 Å². The van der Waals surface area contributed by atoms with Crippen LogP contribution in [-0.2, 0) is 27.7 Å². The van der Waals surface area contributed by atoms with Crippen LogP contribution < -0.4 is 5.32 Å². The predicted octanol–water partition coefficient (Wildman–Crippen LogP) is 4.03. The minimum absolute atomic E-state index is 0.0790. The molecule has 0 unspecified atom stereocenters. The molecule has 208 valence electrons. The molecule has 1 aromatic heterocycles. The highest BCUT2D eigenvalue weighted by Gasteiger charge is 2.32. The maximum absolute atomic E-state index is 13.7. The first-order valence-corrected chi connectivity index (χ1v) is 15.0. The number of carbonyl (C=O) groups excluding carboxylic acids is 3. The second kappa shape index (κ2) is 12.7. The molecule has 3 rings (SSSR count). The van der Waals surface area contributed by atoms with Gasteiger partial charge in [-0.15, -0.1) is 11.3 Å². The Balaban J connectivity index is 1.96. The molecule has 0 spiro atoms. The summed E-state index contributed by atoms with van der Waals surface area (Å²) in [5.74, 6) is -0.593. The van der Waals surface area contributed by atoms with E-state index < -0.39 is 22.0 Å². The number of fused-ring (bicyclic) bond motifs is 1. The van der Waals surface area contributed by atoms with E-state index in [4.69, 9.17) is 4.74 Å². The first-order valence-electron chi connectivity index (χ1n) is 12.7. The third kappa shape index (κ3) is 6.36. The summed E-state index contributed by atoms with van der Waals surface area (Å²) < 4.78 is 31.0. The van der Waals surface area contributed by atoms with Gasteiger partial charge in [0.25, 0.3) is 11.8 Å². The quantitative estimate of drug-likeness (QED) is 0.466. The summed E-state index contributed by atoms with van der Waals surface area (Å²) in [5, 5.41) is 3.32. The average molecular weight is 565 g/mol. The Morgan fingerprint density at radius 2 is 1.68 bits per heavy atom. The normalized spacial score (nSPS) is 13.3. The number of thiophene rings is 1. The number of benzene rings is 1. The number of nitrogens with one attached hydrogen (secondary N) is 1. The highest BCUT2D eigenvalue weighted by molar-refractivity contribution is 7.89. The van der Waals surface area contributed by atoms with Crippen LogP contribution in [0.4, 0.5) is 9.80 Å². The summed E-state index contributed by atoms with van der Waals surface area (Å²) in [4.78, 5) is 43.6. The van der Waals surface area contributed by atoms with Gasteiger partial charge in [0.1, 0.15) is 5.00 Å². The van der Waals surface area contributed by atoms with E-state index in [2.05, 4.69) is 5.32 Å². The predicted molar refractivity (Wildman–Crippen MR) is 147 cm³/mol. The fourth-order valence-corrected chi connectivity index (χ4v) is 6.42. The fourth-order valence-electron chi connectivity index (χ4n) is 4.27. The molecule has 0 saturated carbocycles. The van der Waals surface area contributed by atoms with Crippen molar-refractivity contribution < 1.29 is 27.5 Å². The Bertz CT molecular complexity index is 1270. The molecule has 1 aliphatic heterocycles. The summed E-state index contributed by atoms with van der Waals surface area (Å²) in [7, 11) is -0.742. The molecule has 2 heterocycles. The second-order valence-corrected chi connectivity index (χ2v) is 12.4. The number of nitrogens with zero attached hydrogens (tertiary/aromatic N) is 3. The van der Waals surface area contributed by atoms with Crippen molar-refractivity contribution in [2.75, 3.05) is 45.7 Å². The molecule has 38 heavy (non-hydrogen) atoms. The minimum atomic E-state index is -3.62. The molecule has 2 aromatic rings. The van der Waals surface area contributed by atoms with E-state index in [1.165, 1.54) is 49.7 Å². The molecule has 10 nitrogen and oxygen atoms in total. The van der Waals surface area contributed by atoms with Gasteiger partial charge in [-0.1, -0.05) is 13.8 Å². The van der Waals surface area contributed by atoms with E-state index in [-0.39, 0.29) is 23.0 Å². The zero-order chi connectivity index (χ0) is 28.0. The van der Waals surface area contributed by atoms with E-state index in [0.717, 1.165) is 27.6 Å². The molecule has 0 bridgehead atoms. The Hall–Kier alpha value is -2.96. The van der Waals surface area contributed by atoms with Gasteiger partial charge in [0.2, 0.25) is 10.0 Å². The number of hydrogen-bond donors (Lipinski definition) is 1.